The summed E-state index contributed by atoms with van der Waals surface area (Å²) in [4.78, 5) is 9.18. The van der Waals surface area contributed by atoms with E-state index in [1.807, 2.05) is 0 Å². The minimum Gasteiger partial charge on any atom is -0.474 e. The molecule has 3 aliphatic heterocycles. The van der Waals surface area contributed by atoms with Crippen LogP contribution in [-0.4, -0.2) is 67.5 Å². The van der Waals surface area contributed by atoms with Crippen LogP contribution in [0, 0.1) is 5.92 Å². The molecule has 0 aromatic heterocycles. The van der Waals surface area contributed by atoms with Crippen LogP contribution in [0.1, 0.15) is 13.3 Å². The summed E-state index contributed by atoms with van der Waals surface area (Å²) in [6.45, 7) is 5.13. The van der Waals surface area contributed by atoms with Gasteiger partial charge in [-0.3, -0.25) is 0 Å². The average molecular weight is 264 g/mol. The predicted molar refractivity (Wildman–Crippen MR) is 74.6 cm³/mol. The number of rotatable bonds is 0. The maximum atomic E-state index is 5.94. The largest absolute Gasteiger partial charge is 0.474 e. The van der Waals surface area contributed by atoms with Gasteiger partial charge in [-0.2, -0.15) is 0 Å². The number of allylic oxidation sites excluding steroid dienone is 1. The van der Waals surface area contributed by atoms with E-state index in [0.29, 0.717) is 5.92 Å². The summed E-state index contributed by atoms with van der Waals surface area (Å²) >= 11 is 0. The van der Waals surface area contributed by atoms with E-state index in [2.05, 4.69) is 54.7 Å². The van der Waals surface area contributed by atoms with Crippen LogP contribution in [0.2, 0.25) is 0 Å². The molecule has 1 unspecified atom stereocenters. The number of likely N-dealkylation sites (N-methyl/N-ethyl adjacent to an activating group) is 1. The predicted octanol–water partition coefficient (Wildman–Crippen LogP) is 1.09. The Kier molecular flexibility index (Phi) is 2.80. The molecule has 0 N–H and O–H groups in total. The van der Waals surface area contributed by atoms with E-state index < -0.39 is 0 Å². The number of hydrogen-bond acceptors (Lipinski definition) is 5. The fourth-order valence-electron chi connectivity index (χ4n) is 3.42. The first kappa shape index (κ1) is 12.5. The van der Waals surface area contributed by atoms with Crippen molar-refractivity contribution in [1.82, 2.24) is 19.6 Å². The lowest BCUT2D eigenvalue weighted by Gasteiger charge is -2.49. The fraction of sp³-hybridized carbons (Fsp3) is 0.714. The van der Waals surface area contributed by atoms with Gasteiger partial charge in [0.15, 0.2) is 5.82 Å². The maximum absolute atomic E-state index is 5.94. The first-order valence-corrected chi connectivity index (χ1v) is 7.03. The van der Waals surface area contributed by atoms with Crippen molar-refractivity contribution >= 4 is 0 Å². The molecule has 0 fully saturated rings. The SMILES string of the molecule is CC1CCN(C)C2=C1N(C)C1=C(N(C)CCO1)N2C. The summed E-state index contributed by atoms with van der Waals surface area (Å²) in [5.41, 5.74) is 1.38. The zero-order valence-corrected chi connectivity index (χ0v) is 12.6. The Bertz CT molecular complexity index is 456. The summed E-state index contributed by atoms with van der Waals surface area (Å²) in [6.07, 6.45) is 1.20. The molecule has 0 spiro atoms. The van der Waals surface area contributed by atoms with Crippen molar-refractivity contribution in [3.63, 3.8) is 0 Å². The lowest BCUT2D eigenvalue weighted by atomic mass is 9.97. The molecule has 19 heavy (non-hydrogen) atoms. The molecular weight excluding hydrogens is 240 g/mol. The van der Waals surface area contributed by atoms with Gasteiger partial charge in [-0.25, -0.2) is 0 Å². The van der Waals surface area contributed by atoms with Crippen LogP contribution in [0.5, 0.6) is 0 Å². The van der Waals surface area contributed by atoms with Crippen molar-refractivity contribution in [1.29, 1.82) is 0 Å². The van der Waals surface area contributed by atoms with Crippen molar-refractivity contribution in [2.75, 3.05) is 47.9 Å². The molecule has 0 saturated heterocycles. The molecule has 1 atom stereocenters. The molecule has 106 valence electrons. The average Bonchev–Trinajstić information content (AvgIpc) is 2.38. The Morgan fingerprint density at radius 3 is 2.37 bits per heavy atom. The van der Waals surface area contributed by atoms with Crippen molar-refractivity contribution in [2.24, 2.45) is 5.92 Å². The summed E-state index contributed by atoms with van der Waals surface area (Å²) in [7, 11) is 8.60. The van der Waals surface area contributed by atoms with Gasteiger partial charge in [-0.1, -0.05) is 6.92 Å². The lowest BCUT2D eigenvalue weighted by molar-refractivity contribution is 0.0349. The second kappa shape index (κ2) is 4.25. The summed E-state index contributed by atoms with van der Waals surface area (Å²) in [6, 6.07) is 0. The van der Waals surface area contributed by atoms with Gasteiger partial charge in [-0.05, 0) is 6.42 Å². The van der Waals surface area contributed by atoms with Gasteiger partial charge in [0, 0.05) is 40.7 Å². The zero-order chi connectivity index (χ0) is 13.7. The Morgan fingerprint density at radius 2 is 1.63 bits per heavy atom. The molecule has 0 aromatic carbocycles. The second-order valence-electron chi connectivity index (χ2n) is 5.84. The van der Waals surface area contributed by atoms with E-state index in [0.717, 1.165) is 25.6 Å². The van der Waals surface area contributed by atoms with Crippen molar-refractivity contribution in [3.05, 3.63) is 23.2 Å². The standard InChI is InChI=1S/C14H24N4O/c1-10-6-7-15(2)12-11(10)17(4)14-13(18(12)5)16(3)8-9-19-14/h10H,6-9H2,1-5H3. The Labute approximate surface area is 115 Å². The first-order valence-electron chi connectivity index (χ1n) is 7.03. The van der Waals surface area contributed by atoms with E-state index in [4.69, 9.17) is 4.74 Å². The summed E-state index contributed by atoms with van der Waals surface area (Å²) < 4.78 is 5.94. The topological polar surface area (TPSA) is 22.2 Å². The quantitative estimate of drug-likeness (QED) is 0.651. The van der Waals surface area contributed by atoms with Crippen LogP contribution in [0.3, 0.4) is 0 Å². The molecule has 0 amide bonds. The Balaban J connectivity index is 2.10. The van der Waals surface area contributed by atoms with Gasteiger partial charge < -0.3 is 24.3 Å². The van der Waals surface area contributed by atoms with E-state index in [-0.39, 0.29) is 0 Å². The van der Waals surface area contributed by atoms with Gasteiger partial charge >= 0.3 is 0 Å². The van der Waals surface area contributed by atoms with Crippen molar-refractivity contribution in [3.8, 4) is 0 Å². The van der Waals surface area contributed by atoms with Gasteiger partial charge in [0.05, 0.1) is 12.2 Å². The highest BCUT2D eigenvalue weighted by atomic mass is 16.5. The van der Waals surface area contributed by atoms with Crippen LogP contribution < -0.4 is 0 Å². The van der Waals surface area contributed by atoms with Gasteiger partial charge in [0.2, 0.25) is 5.88 Å². The molecule has 5 nitrogen and oxygen atoms in total. The monoisotopic (exact) mass is 264 g/mol. The van der Waals surface area contributed by atoms with Gasteiger partial charge in [-0.15, -0.1) is 0 Å². The molecule has 0 aliphatic carbocycles. The van der Waals surface area contributed by atoms with Gasteiger partial charge in [0.25, 0.3) is 0 Å². The lowest BCUT2D eigenvalue weighted by Crippen LogP contribution is -2.50. The second-order valence-corrected chi connectivity index (χ2v) is 5.84. The molecule has 0 bridgehead atoms. The molecule has 5 heteroatoms. The molecule has 0 radical (unpaired) electrons. The molecular formula is C14H24N4O. The Hall–Kier alpha value is -1.52. The van der Waals surface area contributed by atoms with E-state index >= 15 is 0 Å². The van der Waals surface area contributed by atoms with Crippen LogP contribution in [0.4, 0.5) is 0 Å². The molecule has 3 heterocycles. The molecule has 3 rings (SSSR count). The van der Waals surface area contributed by atoms with Crippen molar-refractivity contribution < 1.29 is 4.74 Å². The van der Waals surface area contributed by atoms with Crippen LogP contribution in [0.25, 0.3) is 0 Å². The minimum atomic E-state index is 0.573. The third-order valence-corrected chi connectivity index (χ3v) is 4.47. The number of nitrogens with zero attached hydrogens (tertiary/aromatic N) is 4. The number of ether oxygens (including phenoxy) is 1. The van der Waals surface area contributed by atoms with E-state index in [1.165, 1.54) is 23.8 Å². The fourth-order valence-corrected chi connectivity index (χ4v) is 3.42. The minimum absolute atomic E-state index is 0.573. The highest BCUT2D eigenvalue weighted by Crippen LogP contribution is 2.39. The highest BCUT2D eigenvalue weighted by Gasteiger charge is 2.39. The molecule has 0 saturated carbocycles. The van der Waals surface area contributed by atoms with Crippen LogP contribution in [0.15, 0.2) is 23.2 Å². The van der Waals surface area contributed by atoms with E-state index in [9.17, 15) is 0 Å². The number of hydrogen-bond donors (Lipinski definition) is 0. The summed E-state index contributed by atoms with van der Waals surface area (Å²) in [5.74, 6) is 4.06. The third kappa shape index (κ3) is 1.67. The molecule has 0 aromatic rings. The zero-order valence-electron chi connectivity index (χ0n) is 12.6. The normalized spacial score (nSPS) is 27.5. The van der Waals surface area contributed by atoms with Crippen LogP contribution >= 0.6 is 0 Å². The van der Waals surface area contributed by atoms with Crippen LogP contribution in [-0.2, 0) is 4.74 Å². The maximum Gasteiger partial charge on any atom is 0.236 e. The molecule has 3 aliphatic rings. The Morgan fingerprint density at radius 1 is 0.947 bits per heavy atom. The third-order valence-electron chi connectivity index (χ3n) is 4.47. The highest BCUT2D eigenvalue weighted by molar-refractivity contribution is 5.30. The summed E-state index contributed by atoms with van der Waals surface area (Å²) in [5, 5.41) is 0. The smallest absolute Gasteiger partial charge is 0.236 e. The van der Waals surface area contributed by atoms with E-state index in [1.54, 1.807) is 0 Å². The first-order chi connectivity index (χ1) is 9.02. The van der Waals surface area contributed by atoms with Gasteiger partial charge in [0.1, 0.15) is 12.4 Å². The van der Waals surface area contributed by atoms with Crippen molar-refractivity contribution in [2.45, 2.75) is 13.3 Å².